The molecule has 1 aliphatic rings. The molecule has 2 rings (SSSR count). The molecule has 0 amide bonds. The van der Waals surface area contributed by atoms with Crippen molar-refractivity contribution in [3.8, 4) is 0 Å². The molecule has 1 aromatic carbocycles. The average molecular weight is 298 g/mol. The van der Waals surface area contributed by atoms with E-state index in [1.54, 1.807) is 0 Å². The van der Waals surface area contributed by atoms with E-state index in [0.717, 1.165) is 19.3 Å². The molecule has 0 bridgehead atoms. The Morgan fingerprint density at radius 2 is 2.05 bits per heavy atom. The summed E-state index contributed by atoms with van der Waals surface area (Å²) in [5.74, 6) is 0.0552. The summed E-state index contributed by atoms with van der Waals surface area (Å²) in [7, 11) is 0. The Balaban J connectivity index is 0.00000200. The maximum absolute atomic E-state index is 11.7. The molecule has 0 heterocycles. The lowest BCUT2D eigenvalue weighted by atomic mass is 10.1. The highest BCUT2D eigenvalue weighted by Gasteiger charge is 2.31. The van der Waals surface area contributed by atoms with Crippen LogP contribution in [0.1, 0.15) is 44.7 Å². The molecule has 1 aliphatic carbocycles. The predicted molar refractivity (Wildman–Crippen MR) is 83.0 cm³/mol. The van der Waals surface area contributed by atoms with E-state index < -0.39 is 0 Å². The Morgan fingerprint density at radius 1 is 1.35 bits per heavy atom. The zero-order valence-electron chi connectivity index (χ0n) is 12.2. The van der Waals surface area contributed by atoms with Crippen LogP contribution in [-0.2, 0) is 9.53 Å². The van der Waals surface area contributed by atoms with E-state index in [4.69, 9.17) is 4.74 Å². The number of hydrogen-bond donors (Lipinski definition) is 1. The molecule has 0 aliphatic heterocycles. The first-order valence-electron chi connectivity index (χ1n) is 7.18. The first-order chi connectivity index (χ1) is 9.20. The third-order valence-electron chi connectivity index (χ3n) is 3.84. The molecular formula is C16H24ClNO2. The molecule has 1 N–H and O–H groups in total. The Bertz CT molecular complexity index is 410. The van der Waals surface area contributed by atoms with Gasteiger partial charge in [-0.2, -0.15) is 0 Å². The van der Waals surface area contributed by atoms with Crippen LogP contribution < -0.4 is 5.32 Å². The third kappa shape index (κ3) is 4.50. The minimum atomic E-state index is -0.0286. The summed E-state index contributed by atoms with van der Waals surface area (Å²) < 4.78 is 5.10. The Kier molecular flexibility index (Phi) is 7.03. The van der Waals surface area contributed by atoms with Gasteiger partial charge in [0.05, 0.1) is 12.5 Å². The van der Waals surface area contributed by atoms with Crippen molar-refractivity contribution in [2.24, 2.45) is 5.92 Å². The fourth-order valence-electron chi connectivity index (χ4n) is 2.80. The molecule has 20 heavy (non-hydrogen) atoms. The molecule has 1 fully saturated rings. The maximum atomic E-state index is 11.7. The Morgan fingerprint density at radius 3 is 2.70 bits per heavy atom. The molecule has 1 saturated carbocycles. The number of carbonyl (C=O) groups is 1. The number of esters is 1. The average Bonchev–Trinajstić information content (AvgIpc) is 2.88. The summed E-state index contributed by atoms with van der Waals surface area (Å²) in [5, 5.41) is 3.61. The minimum absolute atomic E-state index is 0. The van der Waals surface area contributed by atoms with Crippen LogP contribution in [0.15, 0.2) is 30.3 Å². The molecular weight excluding hydrogens is 274 g/mol. The van der Waals surface area contributed by atoms with Gasteiger partial charge in [-0.3, -0.25) is 4.79 Å². The normalized spacial score (nSPS) is 22.9. The quantitative estimate of drug-likeness (QED) is 0.846. The molecule has 0 aromatic heterocycles. The molecule has 3 atom stereocenters. The van der Waals surface area contributed by atoms with Crippen molar-refractivity contribution in [2.75, 3.05) is 6.61 Å². The van der Waals surface area contributed by atoms with Crippen LogP contribution in [0.5, 0.6) is 0 Å². The van der Waals surface area contributed by atoms with Gasteiger partial charge in [-0.25, -0.2) is 0 Å². The van der Waals surface area contributed by atoms with Gasteiger partial charge in [-0.05, 0) is 38.7 Å². The monoisotopic (exact) mass is 297 g/mol. The van der Waals surface area contributed by atoms with Crippen LogP contribution in [0, 0.1) is 5.92 Å². The minimum Gasteiger partial charge on any atom is -0.466 e. The molecule has 0 spiro atoms. The van der Waals surface area contributed by atoms with Gasteiger partial charge in [-0.1, -0.05) is 30.3 Å². The largest absolute Gasteiger partial charge is 0.466 e. The smallest absolute Gasteiger partial charge is 0.308 e. The number of carbonyl (C=O) groups excluding carboxylic acids is 1. The van der Waals surface area contributed by atoms with Crippen molar-refractivity contribution < 1.29 is 9.53 Å². The van der Waals surface area contributed by atoms with E-state index in [9.17, 15) is 4.79 Å². The van der Waals surface area contributed by atoms with E-state index in [-0.39, 0.29) is 24.3 Å². The fraction of sp³-hybridized carbons (Fsp3) is 0.562. The van der Waals surface area contributed by atoms with Gasteiger partial charge in [0.15, 0.2) is 0 Å². The van der Waals surface area contributed by atoms with Gasteiger partial charge < -0.3 is 10.1 Å². The van der Waals surface area contributed by atoms with Crippen molar-refractivity contribution in [1.82, 2.24) is 5.32 Å². The second-order valence-corrected chi connectivity index (χ2v) is 5.26. The summed E-state index contributed by atoms with van der Waals surface area (Å²) in [6, 6.07) is 11.2. The molecule has 0 radical (unpaired) electrons. The summed E-state index contributed by atoms with van der Waals surface area (Å²) in [6.07, 6.45) is 2.90. The molecule has 0 saturated heterocycles. The van der Waals surface area contributed by atoms with E-state index in [0.29, 0.717) is 18.7 Å². The van der Waals surface area contributed by atoms with Gasteiger partial charge in [0.2, 0.25) is 0 Å². The van der Waals surface area contributed by atoms with Crippen molar-refractivity contribution in [3.05, 3.63) is 35.9 Å². The van der Waals surface area contributed by atoms with E-state index in [1.807, 2.05) is 13.0 Å². The predicted octanol–water partition coefficient (Wildman–Crippen LogP) is 3.49. The molecule has 1 aromatic rings. The van der Waals surface area contributed by atoms with E-state index in [1.165, 1.54) is 5.56 Å². The zero-order valence-corrected chi connectivity index (χ0v) is 13.0. The Labute approximate surface area is 127 Å². The summed E-state index contributed by atoms with van der Waals surface area (Å²) in [6.45, 7) is 4.51. The molecule has 3 nitrogen and oxygen atoms in total. The lowest BCUT2D eigenvalue weighted by Gasteiger charge is -2.20. The number of nitrogens with one attached hydrogen (secondary N) is 1. The van der Waals surface area contributed by atoms with Crippen molar-refractivity contribution in [2.45, 2.75) is 45.2 Å². The first kappa shape index (κ1) is 17.0. The topological polar surface area (TPSA) is 38.3 Å². The van der Waals surface area contributed by atoms with Gasteiger partial charge in [0, 0.05) is 12.1 Å². The summed E-state index contributed by atoms with van der Waals surface area (Å²) in [5.41, 5.74) is 1.29. The fourth-order valence-corrected chi connectivity index (χ4v) is 2.80. The third-order valence-corrected chi connectivity index (χ3v) is 3.84. The lowest BCUT2D eigenvalue weighted by molar-refractivity contribution is -0.147. The second kappa shape index (κ2) is 8.28. The SMILES string of the molecule is CCOC(=O)C1CCC(NC(C)c2ccccc2)C1.Cl. The molecule has 3 unspecified atom stereocenters. The van der Waals surface area contributed by atoms with Gasteiger partial charge >= 0.3 is 5.97 Å². The van der Waals surface area contributed by atoms with E-state index >= 15 is 0 Å². The Hall–Kier alpha value is -1.06. The summed E-state index contributed by atoms with van der Waals surface area (Å²) in [4.78, 5) is 11.7. The number of rotatable bonds is 5. The highest BCUT2D eigenvalue weighted by Crippen LogP contribution is 2.28. The molecule has 4 heteroatoms. The number of hydrogen-bond acceptors (Lipinski definition) is 3. The van der Waals surface area contributed by atoms with Crippen LogP contribution in [0.4, 0.5) is 0 Å². The van der Waals surface area contributed by atoms with Crippen molar-refractivity contribution in [1.29, 1.82) is 0 Å². The van der Waals surface area contributed by atoms with Crippen LogP contribution >= 0.6 is 12.4 Å². The van der Waals surface area contributed by atoms with Crippen LogP contribution in [0.25, 0.3) is 0 Å². The van der Waals surface area contributed by atoms with Crippen molar-refractivity contribution in [3.63, 3.8) is 0 Å². The van der Waals surface area contributed by atoms with Gasteiger partial charge in [0.25, 0.3) is 0 Å². The van der Waals surface area contributed by atoms with Crippen molar-refractivity contribution >= 4 is 18.4 Å². The summed E-state index contributed by atoms with van der Waals surface area (Å²) >= 11 is 0. The van der Waals surface area contributed by atoms with Crippen LogP contribution in [-0.4, -0.2) is 18.6 Å². The zero-order chi connectivity index (χ0) is 13.7. The number of benzene rings is 1. The van der Waals surface area contributed by atoms with E-state index in [2.05, 4.69) is 36.5 Å². The van der Waals surface area contributed by atoms with Crippen LogP contribution in [0.2, 0.25) is 0 Å². The number of ether oxygens (including phenoxy) is 1. The number of halogens is 1. The maximum Gasteiger partial charge on any atom is 0.308 e. The highest BCUT2D eigenvalue weighted by atomic mass is 35.5. The van der Waals surface area contributed by atoms with Gasteiger partial charge in [0.1, 0.15) is 0 Å². The lowest BCUT2D eigenvalue weighted by Crippen LogP contribution is -2.30. The first-order valence-corrected chi connectivity index (χ1v) is 7.18. The highest BCUT2D eigenvalue weighted by molar-refractivity contribution is 5.85. The van der Waals surface area contributed by atoms with Crippen LogP contribution in [0.3, 0.4) is 0 Å². The second-order valence-electron chi connectivity index (χ2n) is 5.26. The molecule has 112 valence electrons. The standard InChI is InChI=1S/C16H23NO2.ClH/c1-3-19-16(18)14-9-10-15(11-14)17-12(2)13-7-5-4-6-8-13;/h4-8,12,14-15,17H,3,9-11H2,1-2H3;1H. The van der Waals surface area contributed by atoms with Gasteiger partial charge in [-0.15, -0.1) is 12.4 Å².